The van der Waals surface area contributed by atoms with Crippen LogP contribution >= 0.6 is 0 Å². The van der Waals surface area contributed by atoms with Gasteiger partial charge in [-0.2, -0.15) is 5.10 Å². The molecule has 0 spiro atoms. The van der Waals surface area contributed by atoms with Gasteiger partial charge >= 0.3 is 0 Å². The second-order valence-corrected chi connectivity index (χ2v) is 3.89. The van der Waals surface area contributed by atoms with E-state index in [1.807, 2.05) is 18.2 Å². The molecule has 19 heavy (non-hydrogen) atoms. The molecule has 2 aromatic rings. The Kier molecular flexibility index (Phi) is 4.88. The molecule has 0 amide bonds. The van der Waals surface area contributed by atoms with Crippen molar-refractivity contribution in [3.63, 3.8) is 0 Å². The smallest absolute Gasteiger partial charge is 0.181 e. The number of aromatic amines is 1. The first-order valence-corrected chi connectivity index (χ1v) is 5.95. The molecular formula is C13H17N3O3. The Labute approximate surface area is 111 Å². The second kappa shape index (κ2) is 6.86. The van der Waals surface area contributed by atoms with Crippen molar-refractivity contribution in [2.75, 3.05) is 27.4 Å². The standard InChI is InChI=1S/C13H17N3O3/c1-17-5-6-19-8-10-7-11(18-2)3-4-12(10)13-14-9-15-16-13/h3-4,7,9H,5-6,8H2,1-2H3,(H,14,15,16). The quantitative estimate of drug-likeness (QED) is 0.769. The van der Waals surface area contributed by atoms with E-state index >= 15 is 0 Å². The topological polar surface area (TPSA) is 69.3 Å². The van der Waals surface area contributed by atoms with Crippen LogP contribution in [0.5, 0.6) is 5.75 Å². The molecule has 1 aromatic carbocycles. The van der Waals surface area contributed by atoms with Crippen molar-refractivity contribution < 1.29 is 14.2 Å². The van der Waals surface area contributed by atoms with Crippen molar-refractivity contribution in [3.05, 3.63) is 30.1 Å². The lowest BCUT2D eigenvalue weighted by Crippen LogP contribution is -2.03. The summed E-state index contributed by atoms with van der Waals surface area (Å²) >= 11 is 0. The van der Waals surface area contributed by atoms with Gasteiger partial charge in [-0.3, -0.25) is 5.10 Å². The van der Waals surface area contributed by atoms with Crippen LogP contribution in [0.3, 0.4) is 0 Å². The number of aromatic nitrogens is 3. The van der Waals surface area contributed by atoms with E-state index in [0.29, 0.717) is 25.6 Å². The van der Waals surface area contributed by atoms with Gasteiger partial charge in [-0.1, -0.05) is 0 Å². The molecule has 0 aliphatic carbocycles. The van der Waals surface area contributed by atoms with Crippen molar-refractivity contribution in [2.45, 2.75) is 6.61 Å². The summed E-state index contributed by atoms with van der Waals surface area (Å²) < 4.78 is 15.7. The molecule has 0 radical (unpaired) electrons. The largest absolute Gasteiger partial charge is 0.497 e. The van der Waals surface area contributed by atoms with Gasteiger partial charge in [-0.25, -0.2) is 4.98 Å². The Morgan fingerprint density at radius 2 is 2.11 bits per heavy atom. The van der Waals surface area contributed by atoms with E-state index in [4.69, 9.17) is 14.2 Å². The normalized spacial score (nSPS) is 10.6. The zero-order valence-corrected chi connectivity index (χ0v) is 11.0. The van der Waals surface area contributed by atoms with Crippen LogP contribution in [0.15, 0.2) is 24.5 Å². The average Bonchev–Trinajstić information content (AvgIpc) is 2.97. The fourth-order valence-electron chi connectivity index (χ4n) is 1.70. The third-order valence-corrected chi connectivity index (χ3v) is 2.66. The predicted octanol–water partition coefficient (Wildman–Crippen LogP) is 1.64. The first-order chi connectivity index (χ1) is 9.35. The SMILES string of the molecule is COCCOCc1cc(OC)ccc1-c1nc[nH]n1. The number of rotatable bonds is 7. The Morgan fingerprint density at radius 3 is 2.79 bits per heavy atom. The van der Waals surface area contributed by atoms with E-state index < -0.39 is 0 Å². The van der Waals surface area contributed by atoms with Crippen LogP contribution in [0.2, 0.25) is 0 Å². The number of nitrogens with one attached hydrogen (secondary N) is 1. The minimum Gasteiger partial charge on any atom is -0.497 e. The van der Waals surface area contributed by atoms with Gasteiger partial charge in [0.25, 0.3) is 0 Å². The van der Waals surface area contributed by atoms with Crippen molar-refractivity contribution >= 4 is 0 Å². The third kappa shape index (κ3) is 3.52. The minimum absolute atomic E-state index is 0.463. The van der Waals surface area contributed by atoms with Gasteiger partial charge in [0, 0.05) is 12.7 Å². The van der Waals surface area contributed by atoms with Crippen LogP contribution in [-0.4, -0.2) is 42.6 Å². The fraction of sp³-hybridized carbons (Fsp3) is 0.385. The van der Waals surface area contributed by atoms with Gasteiger partial charge < -0.3 is 14.2 Å². The maximum Gasteiger partial charge on any atom is 0.181 e. The molecule has 0 atom stereocenters. The second-order valence-electron chi connectivity index (χ2n) is 3.89. The molecule has 2 rings (SSSR count). The lowest BCUT2D eigenvalue weighted by Gasteiger charge is -2.10. The van der Waals surface area contributed by atoms with E-state index in [1.165, 1.54) is 0 Å². The zero-order chi connectivity index (χ0) is 13.5. The molecule has 0 fully saturated rings. The molecule has 6 nitrogen and oxygen atoms in total. The van der Waals surface area contributed by atoms with E-state index in [2.05, 4.69) is 15.2 Å². The average molecular weight is 263 g/mol. The molecule has 1 aromatic heterocycles. The molecule has 0 aliphatic heterocycles. The Morgan fingerprint density at radius 1 is 1.21 bits per heavy atom. The number of benzene rings is 1. The van der Waals surface area contributed by atoms with Crippen LogP contribution in [0.25, 0.3) is 11.4 Å². The van der Waals surface area contributed by atoms with Gasteiger partial charge in [0.05, 0.1) is 26.9 Å². The van der Waals surface area contributed by atoms with Crippen molar-refractivity contribution in [2.24, 2.45) is 0 Å². The monoisotopic (exact) mass is 263 g/mol. The molecule has 1 heterocycles. The molecule has 102 valence electrons. The summed E-state index contributed by atoms with van der Waals surface area (Å²) in [7, 11) is 3.28. The van der Waals surface area contributed by atoms with Gasteiger partial charge in [0.1, 0.15) is 12.1 Å². The van der Waals surface area contributed by atoms with Crippen molar-refractivity contribution in [3.8, 4) is 17.1 Å². The summed E-state index contributed by atoms with van der Waals surface area (Å²) in [5.41, 5.74) is 1.91. The molecule has 6 heteroatoms. The van der Waals surface area contributed by atoms with Gasteiger partial charge in [0.2, 0.25) is 0 Å². The molecule has 0 saturated carbocycles. The highest BCUT2D eigenvalue weighted by atomic mass is 16.5. The summed E-state index contributed by atoms with van der Waals surface area (Å²) in [6, 6.07) is 5.74. The Balaban J connectivity index is 2.17. The predicted molar refractivity (Wildman–Crippen MR) is 69.9 cm³/mol. The first-order valence-electron chi connectivity index (χ1n) is 5.95. The summed E-state index contributed by atoms with van der Waals surface area (Å²) in [4.78, 5) is 4.16. The van der Waals surface area contributed by atoms with Gasteiger partial charge in [0.15, 0.2) is 5.82 Å². The summed E-state index contributed by atoms with van der Waals surface area (Å²) in [5.74, 6) is 1.43. The van der Waals surface area contributed by atoms with Crippen molar-refractivity contribution in [1.29, 1.82) is 0 Å². The summed E-state index contributed by atoms with van der Waals surface area (Å²) in [6.07, 6.45) is 1.55. The molecule has 0 bridgehead atoms. The van der Waals surface area contributed by atoms with E-state index in [0.717, 1.165) is 16.9 Å². The van der Waals surface area contributed by atoms with E-state index in [-0.39, 0.29) is 0 Å². The zero-order valence-electron chi connectivity index (χ0n) is 11.0. The Bertz CT molecular complexity index is 500. The first kappa shape index (κ1) is 13.5. The van der Waals surface area contributed by atoms with E-state index in [9.17, 15) is 0 Å². The van der Waals surface area contributed by atoms with Crippen LogP contribution < -0.4 is 4.74 Å². The van der Waals surface area contributed by atoms with E-state index in [1.54, 1.807) is 20.5 Å². The summed E-state index contributed by atoms with van der Waals surface area (Å²) in [5, 5.41) is 6.80. The molecular weight excluding hydrogens is 246 g/mol. The van der Waals surface area contributed by atoms with Crippen LogP contribution in [0.4, 0.5) is 0 Å². The number of nitrogens with zero attached hydrogens (tertiary/aromatic N) is 2. The van der Waals surface area contributed by atoms with Gasteiger partial charge in [-0.05, 0) is 23.8 Å². The maximum atomic E-state index is 5.55. The number of H-pyrrole nitrogens is 1. The summed E-state index contributed by atoms with van der Waals surface area (Å²) in [6.45, 7) is 1.57. The highest BCUT2D eigenvalue weighted by Crippen LogP contribution is 2.25. The number of hydrogen-bond acceptors (Lipinski definition) is 5. The lowest BCUT2D eigenvalue weighted by atomic mass is 10.1. The Hall–Kier alpha value is -1.92. The van der Waals surface area contributed by atoms with Crippen molar-refractivity contribution in [1.82, 2.24) is 15.2 Å². The molecule has 0 saturated heterocycles. The molecule has 1 N–H and O–H groups in total. The number of methoxy groups -OCH3 is 2. The highest BCUT2D eigenvalue weighted by Gasteiger charge is 2.10. The number of ether oxygens (including phenoxy) is 3. The minimum atomic E-state index is 0.463. The third-order valence-electron chi connectivity index (χ3n) is 2.66. The highest BCUT2D eigenvalue weighted by molar-refractivity contribution is 5.61. The maximum absolute atomic E-state index is 5.55. The molecule has 0 aliphatic rings. The molecule has 0 unspecified atom stereocenters. The van der Waals surface area contributed by atoms with Gasteiger partial charge in [-0.15, -0.1) is 0 Å². The fourth-order valence-corrected chi connectivity index (χ4v) is 1.70. The van der Waals surface area contributed by atoms with Crippen LogP contribution in [0, 0.1) is 0 Å². The van der Waals surface area contributed by atoms with Crippen LogP contribution in [0.1, 0.15) is 5.56 Å². The van der Waals surface area contributed by atoms with Crippen LogP contribution in [-0.2, 0) is 16.1 Å². The number of hydrogen-bond donors (Lipinski definition) is 1. The lowest BCUT2D eigenvalue weighted by molar-refractivity contribution is 0.0617.